The summed E-state index contributed by atoms with van der Waals surface area (Å²) in [5.41, 5.74) is 11.4. The second-order valence-corrected chi connectivity index (χ2v) is 12.0. The highest BCUT2D eigenvalue weighted by Gasteiger charge is 2.22. The van der Waals surface area contributed by atoms with E-state index in [1.165, 1.54) is 21.8 Å². The first-order chi connectivity index (χ1) is 23.3. The number of hydrogen-bond donors (Lipinski definition) is 0. The minimum atomic E-state index is 0.836. The van der Waals surface area contributed by atoms with Gasteiger partial charge in [0.2, 0.25) is 0 Å². The Morgan fingerprint density at radius 2 is 1.06 bits per heavy atom. The van der Waals surface area contributed by atoms with Crippen LogP contribution in [0.1, 0.15) is 0 Å². The van der Waals surface area contributed by atoms with Crippen molar-refractivity contribution in [3.8, 4) is 33.9 Å². The van der Waals surface area contributed by atoms with Crippen LogP contribution in [0.15, 0.2) is 168 Å². The summed E-state index contributed by atoms with van der Waals surface area (Å²) >= 11 is 0. The number of fused-ring (bicyclic) bond motifs is 7. The predicted molar refractivity (Wildman–Crippen MR) is 194 cm³/mol. The van der Waals surface area contributed by atoms with Crippen LogP contribution in [0.25, 0.3) is 88.7 Å². The first-order valence-electron chi connectivity index (χ1n) is 15.9. The Bertz CT molecular complexity index is 2730. The van der Waals surface area contributed by atoms with Crippen LogP contribution in [0.4, 0.5) is 0 Å². The van der Waals surface area contributed by atoms with E-state index >= 15 is 0 Å². The van der Waals surface area contributed by atoms with Crippen molar-refractivity contribution < 1.29 is 4.42 Å². The van der Waals surface area contributed by atoms with Gasteiger partial charge in [-0.05, 0) is 71.8 Å². The fraction of sp³-hybridized carbons (Fsp3) is 0. The first-order valence-corrected chi connectivity index (χ1v) is 15.9. The van der Waals surface area contributed by atoms with Crippen LogP contribution in [0.3, 0.4) is 0 Å². The molecule has 0 radical (unpaired) electrons. The van der Waals surface area contributed by atoms with E-state index < -0.39 is 0 Å². The molecule has 0 amide bonds. The summed E-state index contributed by atoms with van der Waals surface area (Å²) in [5.74, 6) is 0.884. The summed E-state index contributed by atoms with van der Waals surface area (Å²) in [6, 6.07) is 57.6. The lowest BCUT2D eigenvalue weighted by Crippen LogP contribution is -1.98. The van der Waals surface area contributed by atoms with Crippen LogP contribution < -0.4 is 0 Å². The van der Waals surface area contributed by atoms with Crippen LogP contribution >= 0.6 is 0 Å². The lowest BCUT2D eigenvalue weighted by Gasteiger charge is -2.12. The van der Waals surface area contributed by atoms with E-state index in [-0.39, 0.29) is 0 Å². The Kier molecular flexibility index (Phi) is 5.54. The number of aromatic nitrogens is 3. The van der Waals surface area contributed by atoms with Gasteiger partial charge in [0, 0.05) is 44.5 Å². The molecule has 0 unspecified atom stereocenters. The Labute approximate surface area is 270 Å². The van der Waals surface area contributed by atoms with Crippen LogP contribution in [0.2, 0.25) is 0 Å². The summed E-state index contributed by atoms with van der Waals surface area (Å²) in [6.45, 7) is 0. The van der Waals surface area contributed by atoms with E-state index in [0.29, 0.717) is 0 Å². The number of nitrogens with zero attached hydrogens (tertiary/aromatic N) is 3. The zero-order chi connectivity index (χ0) is 30.9. The minimum absolute atomic E-state index is 0.836. The van der Waals surface area contributed by atoms with Gasteiger partial charge in [-0.25, -0.2) is 4.98 Å². The molecule has 0 N–H and O–H groups in total. The van der Waals surface area contributed by atoms with Gasteiger partial charge in [0.25, 0.3) is 0 Å². The molecule has 7 aromatic carbocycles. The Morgan fingerprint density at radius 1 is 0.426 bits per heavy atom. The lowest BCUT2D eigenvalue weighted by molar-refractivity contribution is 0.669. The highest BCUT2D eigenvalue weighted by Crippen LogP contribution is 2.42. The molecule has 0 aliphatic heterocycles. The van der Waals surface area contributed by atoms with Crippen molar-refractivity contribution in [2.24, 2.45) is 0 Å². The van der Waals surface area contributed by atoms with Crippen molar-refractivity contribution in [2.45, 2.75) is 0 Å². The molecule has 3 heterocycles. The topological polar surface area (TPSA) is 35.9 Å². The Morgan fingerprint density at radius 3 is 1.81 bits per heavy atom. The molecule has 0 fully saturated rings. The maximum atomic E-state index is 6.81. The molecule has 0 bridgehead atoms. The summed E-state index contributed by atoms with van der Waals surface area (Å²) in [6.07, 6.45) is 0. The standard InChI is InChI=1S/C43H27N3O/c1-3-13-28(14-4-1)29-25-35(43-44-36-19-9-12-22-39(36)46(43)30-15-5-2-6-16-30)42-34-24-23-31(27-40(34)47-41(42)26-29)45-37-20-10-7-17-32(37)33-18-8-11-21-38(33)45/h1-27H. The molecule has 3 aromatic heterocycles. The van der Waals surface area contributed by atoms with Gasteiger partial charge >= 0.3 is 0 Å². The zero-order valence-corrected chi connectivity index (χ0v) is 25.3. The third-order valence-corrected chi connectivity index (χ3v) is 9.32. The third kappa shape index (κ3) is 3.92. The van der Waals surface area contributed by atoms with E-state index in [0.717, 1.165) is 66.9 Å². The van der Waals surface area contributed by atoms with Gasteiger partial charge in [-0.1, -0.05) is 97.1 Å². The van der Waals surface area contributed by atoms with Crippen molar-refractivity contribution in [1.82, 2.24) is 14.1 Å². The zero-order valence-electron chi connectivity index (χ0n) is 25.3. The molecule has 47 heavy (non-hydrogen) atoms. The van der Waals surface area contributed by atoms with Gasteiger partial charge in [-0.15, -0.1) is 0 Å². The molecule has 220 valence electrons. The summed E-state index contributed by atoms with van der Waals surface area (Å²) in [5, 5.41) is 4.59. The summed E-state index contributed by atoms with van der Waals surface area (Å²) in [7, 11) is 0. The molecule has 0 atom stereocenters. The van der Waals surface area contributed by atoms with Crippen molar-refractivity contribution >= 4 is 54.8 Å². The maximum absolute atomic E-state index is 6.81. The number of rotatable bonds is 4. The molecule has 0 saturated heterocycles. The maximum Gasteiger partial charge on any atom is 0.146 e. The fourth-order valence-electron chi connectivity index (χ4n) is 7.25. The molecule has 0 spiro atoms. The van der Waals surface area contributed by atoms with E-state index in [1.807, 2.05) is 6.07 Å². The molecule has 0 aliphatic rings. The molecular formula is C43H27N3O. The number of benzene rings is 7. The van der Waals surface area contributed by atoms with E-state index in [2.05, 4.69) is 167 Å². The van der Waals surface area contributed by atoms with Gasteiger partial charge in [0.05, 0.1) is 22.1 Å². The molecule has 10 aromatic rings. The van der Waals surface area contributed by atoms with Gasteiger partial charge in [0.15, 0.2) is 0 Å². The lowest BCUT2D eigenvalue weighted by atomic mass is 9.98. The molecule has 4 heteroatoms. The van der Waals surface area contributed by atoms with Crippen molar-refractivity contribution in [3.05, 3.63) is 164 Å². The molecule has 0 saturated carbocycles. The second kappa shape index (κ2) is 10.1. The summed E-state index contributed by atoms with van der Waals surface area (Å²) in [4.78, 5) is 5.27. The van der Waals surface area contributed by atoms with Gasteiger partial charge in [0.1, 0.15) is 17.0 Å². The first kappa shape index (κ1) is 25.9. The minimum Gasteiger partial charge on any atom is -0.456 e. The normalized spacial score (nSPS) is 11.8. The highest BCUT2D eigenvalue weighted by atomic mass is 16.3. The van der Waals surface area contributed by atoms with Crippen LogP contribution in [0, 0.1) is 0 Å². The quantitative estimate of drug-likeness (QED) is 0.201. The highest BCUT2D eigenvalue weighted by molar-refractivity contribution is 6.15. The van der Waals surface area contributed by atoms with E-state index in [4.69, 9.17) is 9.40 Å². The Balaban J connectivity index is 1.28. The predicted octanol–water partition coefficient (Wildman–Crippen LogP) is 11.4. The van der Waals surface area contributed by atoms with Gasteiger partial charge in [-0.2, -0.15) is 0 Å². The van der Waals surface area contributed by atoms with Crippen LogP contribution in [0.5, 0.6) is 0 Å². The monoisotopic (exact) mass is 601 g/mol. The van der Waals surface area contributed by atoms with Gasteiger partial charge in [-0.3, -0.25) is 4.57 Å². The number of imidazole rings is 1. The van der Waals surface area contributed by atoms with Crippen molar-refractivity contribution in [3.63, 3.8) is 0 Å². The molecule has 4 nitrogen and oxygen atoms in total. The second-order valence-electron chi connectivity index (χ2n) is 12.0. The van der Waals surface area contributed by atoms with Crippen molar-refractivity contribution in [1.29, 1.82) is 0 Å². The molecule has 10 rings (SSSR count). The van der Waals surface area contributed by atoms with Crippen LogP contribution in [-0.2, 0) is 0 Å². The Hall–Kier alpha value is -6.39. The largest absolute Gasteiger partial charge is 0.456 e. The number of hydrogen-bond acceptors (Lipinski definition) is 2. The average Bonchev–Trinajstić information content (AvgIpc) is 3.81. The molecular weight excluding hydrogens is 574 g/mol. The SMILES string of the molecule is c1ccc(-c2cc(-c3nc4ccccc4n3-c3ccccc3)c3c(c2)oc2cc(-n4c5ccccc5c5ccccc54)ccc23)cc1. The molecule has 0 aliphatic carbocycles. The van der Waals surface area contributed by atoms with Crippen LogP contribution in [-0.4, -0.2) is 14.1 Å². The van der Waals surface area contributed by atoms with Gasteiger partial charge < -0.3 is 8.98 Å². The average molecular weight is 602 g/mol. The van der Waals surface area contributed by atoms with Crippen molar-refractivity contribution in [2.75, 3.05) is 0 Å². The third-order valence-electron chi connectivity index (χ3n) is 9.32. The fourth-order valence-corrected chi connectivity index (χ4v) is 7.25. The summed E-state index contributed by atoms with van der Waals surface area (Å²) < 4.78 is 11.4. The number of furan rings is 1. The number of para-hydroxylation sites is 5. The van der Waals surface area contributed by atoms with E-state index in [9.17, 15) is 0 Å². The smallest absolute Gasteiger partial charge is 0.146 e. The van der Waals surface area contributed by atoms with E-state index in [1.54, 1.807) is 0 Å².